The molecule has 66 heavy (non-hydrogen) atoms. The summed E-state index contributed by atoms with van der Waals surface area (Å²) in [4.78, 5) is 25.2. The van der Waals surface area contributed by atoms with Gasteiger partial charge in [-0.3, -0.25) is 8.80 Å². The van der Waals surface area contributed by atoms with E-state index in [4.69, 9.17) is 24.9 Å². The van der Waals surface area contributed by atoms with E-state index >= 15 is 0 Å². The highest BCUT2D eigenvalue weighted by molar-refractivity contribution is 5.85. The summed E-state index contributed by atoms with van der Waals surface area (Å²) in [6.07, 6.45) is 4.15. The Labute approximate surface area is 381 Å². The van der Waals surface area contributed by atoms with E-state index in [1.54, 1.807) is 0 Å². The van der Waals surface area contributed by atoms with Gasteiger partial charge in [-0.25, -0.2) is 24.9 Å². The van der Waals surface area contributed by atoms with E-state index in [2.05, 4.69) is 167 Å². The van der Waals surface area contributed by atoms with Gasteiger partial charge in [-0.15, -0.1) is 0 Å². The largest absolute Gasteiger partial charge is 0.299 e. The zero-order chi connectivity index (χ0) is 43.8. The van der Waals surface area contributed by atoms with Crippen LogP contribution in [0.5, 0.6) is 0 Å². The Bertz CT molecular complexity index is 3420. The van der Waals surface area contributed by atoms with E-state index in [9.17, 15) is 0 Å². The number of benzene rings is 7. The number of hydrogen-bond acceptors (Lipinski definition) is 5. The maximum atomic E-state index is 5.06. The van der Waals surface area contributed by atoms with Crippen molar-refractivity contribution in [2.45, 2.75) is 0 Å². The molecule has 0 amide bonds. The molecule has 7 heteroatoms. The van der Waals surface area contributed by atoms with Crippen LogP contribution in [0.3, 0.4) is 0 Å². The number of aromatic nitrogens is 7. The molecule has 0 fully saturated rings. The van der Waals surface area contributed by atoms with Crippen LogP contribution in [0.2, 0.25) is 0 Å². The van der Waals surface area contributed by atoms with Crippen molar-refractivity contribution in [1.29, 1.82) is 0 Å². The van der Waals surface area contributed by atoms with Crippen molar-refractivity contribution in [3.05, 3.63) is 237 Å². The Morgan fingerprint density at radius 2 is 0.485 bits per heavy atom. The second-order valence-electron chi connectivity index (χ2n) is 16.2. The molecule has 0 spiro atoms. The van der Waals surface area contributed by atoms with Gasteiger partial charge in [0.1, 0.15) is 11.3 Å². The predicted octanol–water partition coefficient (Wildman–Crippen LogP) is 14.2. The SMILES string of the molecule is c1ccc(-c2nc(-c3ccc(-c4ccc(-c5nc6ccccn6c5-c5ccccc5)cc4)cc3)nc(-c3ccc(-c4ccc(-c5nc6ccccn6c5-c5ccccc5)cc4)cc3)n2)cc1. The molecule has 0 N–H and O–H groups in total. The lowest BCUT2D eigenvalue weighted by molar-refractivity contribution is 1.07. The maximum Gasteiger partial charge on any atom is 0.164 e. The summed E-state index contributed by atoms with van der Waals surface area (Å²) in [7, 11) is 0. The Morgan fingerprint density at radius 1 is 0.212 bits per heavy atom. The molecule has 0 aliphatic heterocycles. The van der Waals surface area contributed by atoms with Crippen molar-refractivity contribution in [2.75, 3.05) is 0 Å². The van der Waals surface area contributed by atoms with Gasteiger partial charge in [-0.2, -0.15) is 0 Å². The minimum Gasteiger partial charge on any atom is -0.299 e. The second-order valence-corrected chi connectivity index (χ2v) is 16.2. The molecule has 5 heterocycles. The lowest BCUT2D eigenvalue weighted by Crippen LogP contribution is -2.00. The average Bonchev–Trinajstić information content (AvgIpc) is 3.99. The zero-order valence-corrected chi connectivity index (χ0v) is 35.6. The monoisotopic (exact) mass is 845 g/mol. The fourth-order valence-electron chi connectivity index (χ4n) is 8.75. The van der Waals surface area contributed by atoms with Crippen LogP contribution in [-0.4, -0.2) is 33.7 Å². The molecule has 0 aliphatic rings. The smallest absolute Gasteiger partial charge is 0.164 e. The molecule has 0 saturated carbocycles. The van der Waals surface area contributed by atoms with Gasteiger partial charge < -0.3 is 0 Å². The van der Waals surface area contributed by atoms with Crippen LogP contribution >= 0.6 is 0 Å². The van der Waals surface area contributed by atoms with Crippen LogP contribution in [0.15, 0.2) is 237 Å². The lowest BCUT2D eigenvalue weighted by atomic mass is 9.99. The highest BCUT2D eigenvalue weighted by Crippen LogP contribution is 2.36. The fraction of sp³-hybridized carbons (Fsp3) is 0. The highest BCUT2D eigenvalue weighted by atomic mass is 15.0. The van der Waals surface area contributed by atoms with Gasteiger partial charge in [0.05, 0.1) is 22.8 Å². The van der Waals surface area contributed by atoms with Crippen molar-refractivity contribution in [3.63, 3.8) is 0 Å². The molecule has 0 bridgehead atoms. The topological polar surface area (TPSA) is 73.3 Å². The first kappa shape index (κ1) is 38.6. The summed E-state index contributed by atoms with van der Waals surface area (Å²) >= 11 is 0. The van der Waals surface area contributed by atoms with Crippen molar-refractivity contribution in [1.82, 2.24) is 33.7 Å². The van der Waals surface area contributed by atoms with Gasteiger partial charge in [0.15, 0.2) is 17.5 Å². The van der Waals surface area contributed by atoms with E-state index in [1.807, 2.05) is 78.9 Å². The Balaban J connectivity index is 0.828. The van der Waals surface area contributed by atoms with Crippen molar-refractivity contribution in [2.24, 2.45) is 0 Å². The molecule has 310 valence electrons. The Morgan fingerprint density at radius 3 is 0.833 bits per heavy atom. The molecule has 0 radical (unpaired) electrons. The molecule has 7 nitrogen and oxygen atoms in total. The molecule has 0 unspecified atom stereocenters. The quantitative estimate of drug-likeness (QED) is 0.145. The minimum absolute atomic E-state index is 0.613. The first-order valence-electron chi connectivity index (χ1n) is 22.0. The number of rotatable bonds is 9. The summed E-state index contributed by atoms with van der Waals surface area (Å²) in [6, 6.07) is 77.4. The molecule has 12 aromatic rings. The molecular weight excluding hydrogens is 807 g/mol. The molecule has 5 aromatic heterocycles. The first-order valence-corrected chi connectivity index (χ1v) is 22.0. The van der Waals surface area contributed by atoms with Crippen molar-refractivity contribution < 1.29 is 0 Å². The van der Waals surface area contributed by atoms with E-state index in [0.29, 0.717) is 17.5 Å². The molecule has 12 rings (SSSR count). The average molecular weight is 846 g/mol. The summed E-state index contributed by atoms with van der Waals surface area (Å²) in [5, 5.41) is 0. The first-order chi connectivity index (χ1) is 32.7. The Kier molecular flexibility index (Phi) is 9.69. The highest BCUT2D eigenvalue weighted by Gasteiger charge is 2.18. The van der Waals surface area contributed by atoms with Crippen LogP contribution in [-0.2, 0) is 0 Å². The van der Waals surface area contributed by atoms with E-state index < -0.39 is 0 Å². The van der Waals surface area contributed by atoms with Crippen molar-refractivity contribution in [3.8, 4) is 101 Å². The number of imidazole rings is 2. The summed E-state index contributed by atoms with van der Waals surface area (Å²) in [6.45, 7) is 0. The van der Waals surface area contributed by atoms with E-state index in [0.717, 1.165) is 95.3 Å². The molecule has 7 aromatic carbocycles. The van der Waals surface area contributed by atoms with Crippen LogP contribution in [0.25, 0.3) is 113 Å². The third-order valence-electron chi connectivity index (χ3n) is 12.1. The van der Waals surface area contributed by atoms with Gasteiger partial charge in [0.2, 0.25) is 0 Å². The molecule has 0 aliphatic carbocycles. The number of hydrogen-bond donors (Lipinski definition) is 0. The number of nitrogens with zero attached hydrogens (tertiary/aromatic N) is 7. The number of fused-ring (bicyclic) bond motifs is 2. The van der Waals surface area contributed by atoms with Gasteiger partial charge in [-0.05, 0) is 46.5 Å². The van der Waals surface area contributed by atoms with Crippen LogP contribution in [0, 0.1) is 0 Å². The van der Waals surface area contributed by atoms with Crippen LogP contribution in [0.4, 0.5) is 0 Å². The molecule has 0 saturated heterocycles. The van der Waals surface area contributed by atoms with Crippen LogP contribution in [0.1, 0.15) is 0 Å². The molecule has 0 atom stereocenters. The third kappa shape index (κ3) is 7.20. The number of pyridine rings is 2. The van der Waals surface area contributed by atoms with E-state index in [1.165, 1.54) is 0 Å². The molecular formula is C59H39N7. The van der Waals surface area contributed by atoms with Gasteiger partial charge in [-0.1, -0.05) is 200 Å². The van der Waals surface area contributed by atoms with E-state index in [-0.39, 0.29) is 0 Å². The summed E-state index contributed by atoms with van der Waals surface area (Å²) in [5.74, 6) is 1.85. The normalized spacial score (nSPS) is 11.3. The fourth-order valence-corrected chi connectivity index (χ4v) is 8.75. The summed E-state index contributed by atoms with van der Waals surface area (Å²) < 4.78 is 4.32. The maximum absolute atomic E-state index is 5.06. The minimum atomic E-state index is 0.613. The van der Waals surface area contributed by atoms with Gasteiger partial charge in [0, 0.05) is 51.3 Å². The summed E-state index contributed by atoms with van der Waals surface area (Å²) in [5.41, 5.74) is 17.4. The van der Waals surface area contributed by atoms with Crippen molar-refractivity contribution >= 4 is 11.3 Å². The van der Waals surface area contributed by atoms with Gasteiger partial charge >= 0.3 is 0 Å². The van der Waals surface area contributed by atoms with Crippen LogP contribution < -0.4 is 0 Å². The Hall–Kier alpha value is -9.07. The van der Waals surface area contributed by atoms with Gasteiger partial charge in [0.25, 0.3) is 0 Å². The lowest BCUT2D eigenvalue weighted by Gasteiger charge is -2.10. The predicted molar refractivity (Wildman–Crippen MR) is 266 cm³/mol. The standard InChI is InChI=1S/C59H39N7/c1-4-14-46(15-5-1)55-53(60-51-20-10-12-38-65(51)55)44-30-22-40(23-31-44)42-26-34-49(35-27-42)58-62-57(48-18-8-3-9-19-48)63-59(64-58)50-36-28-43(29-37-50)41-24-32-45(33-25-41)54-56(47-16-6-2-7-17-47)66-39-13-11-21-52(66)61-54/h1-39H. The third-order valence-corrected chi connectivity index (χ3v) is 12.1. The zero-order valence-electron chi connectivity index (χ0n) is 35.6. The second kappa shape index (κ2) is 16.6.